The monoisotopic (exact) mass is 361 g/mol. The second-order valence-electron chi connectivity index (χ2n) is 6.88. The Morgan fingerprint density at radius 2 is 2.12 bits per heavy atom. The quantitative estimate of drug-likeness (QED) is 0.452. The minimum Gasteiger partial charge on any atom is -0.465 e. The first-order valence-electron chi connectivity index (χ1n) is 8.87. The molecule has 8 heteroatoms. The number of nitro benzene ring substituents is 1. The van der Waals surface area contributed by atoms with Gasteiger partial charge in [0.2, 0.25) is 5.91 Å². The molecule has 0 unspecified atom stereocenters. The van der Waals surface area contributed by atoms with Gasteiger partial charge in [0, 0.05) is 24.4 Å². The van der Waals surface area contributed by atoms with Crippen molar-refractivity contribution in [3.05, 3.63) is 33.9 Å². The van der Waals surface area contributed by atoms with Gasteiger partial charge in [0.05, 0.1) is 18.1 Å². The van der Waals surface area contributed by atoms with Gasteiger partial charge in [-0.25, -0.2) is 0 Å². The van der Waals surface area contributed by atoms with Gasteiger partial charge in [-0.3, -0.25) is 24.6 Å². The van der Waals surface area contributed by atoms with Crippen molar-refractivity contribution in [2.45, 2.75) is 38.6 Å². The summed E-state index contributed by atoms with van der Waals surface area (Å²) in [5.41, 5.74) is 0.788. The summed E-state index contributed by atoms with van der Waals surface area (Å²) in [6.07, 6.45) is 2.10. The summed E-state index contributed by atoms with van der Waals surface area (Å²) in [7, 11) is 0. The van der Waals surface area contributed by atoms with Gasteiger partial charge in [0.15, 0.2) is 0 Å². The molecule has 0 saturated carbocycles. The summed E-state index contributed by atoms with van der Waals surface area (Å²) >= 11 is 0. The molecule has 2 aliphatic rings. The first-order chi connectivity index (χ1) is 12.4. The number of carbonyl (C=O) groups excluding carboxylic acids is 2. The van der Waals surface area contributed by atoms with Crippen LogP contribution in [0.4, 0.5) is 11.4 Å². The van der Waals surface area contributed by atoms with Gasteiger partial charge < -0.3 is 9.64 Å². The van der Waals surface area contributed by atoms with Gasteiger partial charge in [0.1, 0.15) is 5.54 Å². The number of hydrogen-bond acceptors (Lipinski definition) is 6. The lowest BCUT2D eigenvalue weighted by Gasteiger charge is -2.33. The largest absolute Gasteiger partial charge is 0.465 e. The van der Waals surface area contributed by atoms with E-state index in [9.17, 15) is 19.7 Å². The van der Waals surface area contributed by atoms with E-state index in [0.717, 1.165) is 17.7 Å². The van der Waals surface area contributed by atoms with Crippen LogP contribution >= 0.6 is 0 Å². The highest BCUT2D eigenvalue weighted by atomic mass is 16.6. The van der Waals surface area contributed by atoms with Crippen LogP contribution in [0.2, 0.25) is 0 Å². The minimum absolute atomic E-state index is 0.0347. The van der Waals surface area contributed by atoms with E-state index in [1.54, 1.807) is 17.9 Å². The maximum atomic E-state index is 12.8. The van der Waals surface area contributed by atoms with E-state index in [4.69, 9.17) is 4.74 Å². The lowest BCUT2D eigenvalue weighted by Crippen LogP contribution is -2.52. The Hall–Kier alpha value is -2.48. The highest BCUT2D eigenvalue weighted by molar-refractivity contribution is 5.97. The Balaban J connectivity index is 1.74. The molecule has 0 aliphatic carbocycles. The molecule has 1 atom stereocenters. The molecule has 0 radical (unpaired) electrons. The Bertz CT molecular complexity index is 750. The molecule has 1 fully saturated rings. The van der Waals surface area contributed by atoms with Crippen LogP contribution in [-0.4, -0.2) is 53.5 Å². The molecule has 0 aromatic heterocycles. The van der Waals surface area contributed by atoms with Crippen molar-refractivity contribution in [2.75, 3.05) is 31.1 Å². The number of fused-ring (bicyclic) bond motifs is 1. The summed E-state index contributed by atoms with van der Waals surface area (Å²) < 4.78 is 5.19. The van der Waals surface area contributed by atoms with Crippen molar-refractivity contribution in [1.29, 1.82) is 0 Å². The third-order valence-corrected chi connectivity index (χ3v) is 5.30. The second-order valence-corrected chi connectivity index (χ2v) is 6.88. The summed E-state index contributed by atoms with van der Waals surface area (Å²) in [4.78, 5) is 39.2. The Labute approximate surface area is 151 Å². The van der Waals surface area contributed by atoms with Crippen molar-refractivity contribution < 1.29 is 19.2 Å². The van der Waals surface area contributed by atoms with Crippen LogP contribution in [0.1, 0.15) is 32.3 Å². The zero-order valence-electron chi connectivity index (χ0n) is 15.1. The van der Waals surface area contributed by atoms with Crippen LogP contribution in [0.5, 0.6) is 0 Å². The number of nitrogens with zero attached hydrogens (tertiary/aromatic N) is 3. The number of nitro groups is 1. The molecule has 2 aliphatic heterocycles. The van der Waals surface area contributed by atoms with E-state index in [2.05, 4.69) is 0 Å². The molecular weight excluding hydrogens is 338 g/mol. The van der Waals surface area contributed by atoms with E-state index in [-0.39, 0.29) is 24.1 Å². The number of likely N-dealkylation sites (tertiary alicyclic amines) is 1. The topological polar surface area (TPSA) is 93.0 Å². The van der Waals surface area contributed by atoms with Crippen LogP contribution in [0.15, 0.2) is 18.2 Å². The molecule has 0 spiro atoms. The van der Waals surface area contributed by atoms with Crippen molar-refractivity contribution >= 4 is 23.3 Å². The molecule has 1 saturated heterocycles. The van der Waals surface area contributed by atoms with Crippen LogP contribution < -0.4 is 4.90 Å². The van der Waals surface area contributed by atoms with E-state index in [1.807, 2.05) is 11.8 Å². The van der Waals surface area contributed by atoms with Crippen molar-refractivity contribution in [2.24, 2.45) is 0 Å². The highest BCUT2D eigenvalue weighted by Gasteiger charge is 2.45. The Morgan fingerprint density at radius 1 is 1.35 bits per heavy atom. The van der Waals surface area contributed by atoms with Gasteiger partial charge in [-0.15, -0.1) is 0 Å². The molecule has 1 amide bonds. The van der Waals surface area contributed by atoms with Crippen LogP contribution in [0.25, 0.3) is 0 Å². The second kappa shape index (κ2) is 7.03. The predicted octanol–water partition coefficient (Wildman–Crippen LogP) is 1.90. The number of carbonyl (C=O) groups is 2. The van der Waals surface area contributed by atoms with Crippen molar-refractivity contribution in [3.8, 4) is 0 Å². The molecule has 140 valence electrons. The number of anilines is 1. The lowest BCUT2D eigenvalue weighted by molar-refractivity contribution is -0.384. The van der Waals surface area contributed by atoms with Gasteiger partial charge in [-0.1, -0.05) is 0 Å². The van der Waals surface area contributed by atoms with E-state index in [0.29, 0.717) is 32.5 Å². The summed E-state index contributed by atoms with van der Waals surface area (Å²) in [6.45, 7) is 5.21. The van der Waals surface area contributed by atoms with E-state index < -0.39 is 10.5 Å². The fourth-order valence-corrected chi connectivity index (χ4v) is 3.80. The lowest BCUT2D eigenvalue weighted by atomic mass is 9.99. The van der Waals surface area contributed by atoms with Crippen LogP contribution in [-0.2, 0) is 20.7 Å². The number of hydrogen-bond donors (Lipinski definition) is 0. The maximum absolute atomic E-state index is 12.8. The zero-order chi connectivity index (χ0) is 18.9. The minimum atomic E-state index is -0.774. The number of benzene rings is 1. The first-order valence-corrected chi connectivity index (χ1v) is 8.87. The maximum Gasteiger partial charge on any atom is 0.326 e. The third kappa shape index (κ3) is 3.16. The molecule has 8 nitrogen and oxygen atoms in total. The number of esters is 1. The SMILES string of the molecule is CCOC(=O)[C@]1(C)CCCN1CC(=O)N1CCc2cc([N+](=O)[O-])ccc21. The number of non-ortho nitro benzene ring substituents is 1. The smallest absolute Gasteiger partial charge is 0.326 e. The Kier molecular flexibility index (Phi) is 4.95. The van der Waals surface area contributed by atoms with Crippen molar-refractivity contribution in [3.63, 3.8) is 0 Å². The molecule has 3 rings (SSSR count). The molecule has 1 aromatic carbocycles. The Morgan fingerprint density at radius 3 is 2.81 bits per heavy atom. The van der Waals surface area contributed by atoms with Crippen LogP contribution in [0, 0.1) is 10.1 Å². The summed E-state index contributed by atoms with van der Waals surface area (Å²) in [6, 6.07) is 4.58. The average Bonchev–Trinajstić information content (AvgIpc) is 3.19. The third-order valence-electron chi connectivity index (χ3n) is 5.30. The zero-order valence-corrected chi connectivity index (χ0v) is 15.1. The number of amides is 1. The normalized spacial score (nSPS) is 22.3. The van der Waals surface area contributed by atoms with Gasteiger partial charge in [-0.05, 0) is 51.3 Å². The van der Waals surface area contributed by atoms with Gasteiger partial charge in [-0.2, -0.15) is 0 Å². The fraction of sp³-hybridized carbons (Fsp3) is 0.556. The molecule has 26 heavy (non-hydrogen) atoms. The van der Waals surface area contributed by atoms with E-state index in [1.165, 1.54) is 12.1 Å². The number of rotatable bonds is 5. The molecule has 0 bridgehead atoms. The van der Waals surface area contributed by atoms with Gasteiger partial charge in [0.25, 0.3) is 5.69 Å². The average molecular weight is 361 g/mol. The molecule has 2 heterocycles. The summed E-state index contributed by atoms with van der Waals surface area (Å²) in [5.74, 6) is -0.391. The first kappa shape index (κ1) is 18.3. The van der Waals surface area contributed by atoms with Gasteiger partial charge >= 0.3 is 5.97 Å². The molecule has 1 aromatic rings. The summed E-state index contributed by atoms with van der Waals surface area (Å²) in [5, 5.41) is 10.9. The standard InChI is InChI=1S/C18H23N3O5/c1-3-26-17(23)18(2)8-4-9-19(18)12-16(22)20-10-7-13-11-14(21(24)25)5-6-15(13)20/h5-6,11H,3-4,7-10,12H2,1-2H3/t18-/m0/s1. The van der Waals surface area contributed by atoms with E-state index >= 15 is 0 Å². The van der Waals surface area contributed by atoms with Crippen LogP contribution in [0.3, 0.4) is 0 Å². The molecule has 0 N–H and O–H groups in total. The fourth-order valence-electron chi connectivity index (χ4n) is 3.80. The highest BCUT2D eigenvalue weighted by Crippen LogP contribution is 2.33. The molecular formula is C18H23N3O5. The predicted molar refractivity (Wildman–Crippen MR) is 95.0 cm³/mol. The van der Waals surface area contributed by atoms with Crippen molar-refractivity contribution in [1.82, 2.24) is 4.90 Å². The number of ether oxygens (including phenoxy) is 1.